The molecule has 1 heterocycles. The van der Waals surface area contributed by atoms with Crippen LogP contribution in [0.1, 0.15) is 45.2 Å². The largest absolute Gasteiger partial charge is 0.493 e. The maximum atomic E-state index is 14.3. The molecule has 1 aliphatic rings. The van der Waals surface area contributed by atoms with Crippen LogP contribution in [0.3, 0.4) is 0 Å². The van der Waals surface area contributed by atoms with Gasteiger partial charge in [0.25, 0.3) is 0 Å². The smallest absolute Gasteiger partial charge is 0.242 e. The summed E-state index contributed by atoms with van der Waals surface area (Å²) in [4.78, 5) is 34.4. The van der Waals surface area contributed by atoms with E-state index in [-0.39, 0.29) is 24.4 Å². The topological polar surface area (TPSA) is 59.1 Å². The molecule has 5 rings (SSSR count). The van der Waals surface area contributed by atoms with Crippen LogP contribution in [0.2, 0.25) is 0 Å². The lowest BCUT2D eigenvalue weighted by atomic mass is 9.90. The molecule has 3 aromatic carbocycles. The number of carbonyl (C=O) groups is 2. The van der Waals surface area contributed by atoms with E-state index in [9.17, 15) is 9.59 Å². The van der Waals surface area contributed by atoms with Crippen LogP contribution in [-0.2, 0) is 22.6 Å². The molecule has 0 spiro atoms. The third-order valence-electron chi connectivity index (χ3n) is 7.70. The Morgan fingerprint density at radius 2 is 1.50 bits per heavy atom. The Balaban J connectivity index is 1.38. The summed E-state index contributed by atoms with van der Waals surface area (Å²) in [5, 5.41) is 0. The van der Waals surface area contributed by atoms with Crippen LogP contribution in [0.15, 0.2) is 91.0 Å². The number of methoxy groups -OCH3 is 2. The van der Waals surface area contributed by atoms with Crippen LogP contribution in [0, 0.1) is 6.92 Å². The molecule has 0 N–H and O–H groups in total. The van der Waals surface area contributed by atoms with E-state index in [1.165, 1.54) is 4.88 Å². The average Bonchev–Trinajstić information content (AvgIpc) is 3.78. The fourth-order valence-electron chi connectivity index (χ4n) is 5.30. The maximum Gasteiger partial charge on any atom is 0.242 e. The Labute approximate surface area is 252 Å². The van der Waals surface area contributed by atoms with Crippen molar-refractivity contribution < 1.29 is 19.1 Å². The Bertz CT molecular complexity index is 1440. The van der Waals surface area contributed by atoms with Crippen LogP contribution < -0.4 is 9.47 Å². The predicted octanol–water partition coefficient (Wildman–Crippen LogP) is 6.47. The molecule has 1 aromatic heterocycles. The van der Waals surface area contributed by atoms with Crippen molar-refractivity contribution in [1.29, 1.82) is 0 Å². The Hall–Kier alpha value is -4.10. The summed E-state index contributed by atoms with van der Waals surface area (Å²) in [6, 6.07) is 29.9. The fourth-order valence-corrected chi connectivity index (χ4v) is 6.21. The first kappa shape index (κ1) is 29.4. The lowest BCUT2D eigenvalue weighted by Crippen LogP contribution is -2.46. The quantitative estimate of drug-likeness (QED) is 0.181. The van der Waals surface area contributed by atoms with Gasteiger partial charge in [0.2, 0.25) is 11.8 Å². The van der Waals surface area contributed by atoms with E-state index in [1.54, 1.807) is 25.6 Å². The molecular weight excluding hydrogens is 544 g/mol. The van der Waals surface area contributed by atoms with Gasteiger partial charge in [0.05, 0.1) is 26.7 Å². The summed E-state index contributed by atoms with van der Waals surface area (Å²) in [5.74, 6) is 0.825. The number of aryl methyl sites for hydroxylation is 1. The first-order valence-corrected chi connectivity index (χ1v) is 15.2. The molecule has 0 aliphatic heterocycles. The highest BCUT2D eigenvalue weighted by Gasteiger charge is 2.38. The zero-order valence-corrected chi connectivity index (χ0v) is 25.3. The highest BCUT2D eigenvalue weighted by Crippen LogP contribution is 2.34. The average molecular weight is 583 g/mol. The monoisotopic (exact) mass is 582 g/mol. The predicted molar refractivity (Wildman–Crippen MR) is 167 cm³/mol. The minimum atomic E-state index is -0.457. The van der Waals surface area contributed by atoms with Crippen molar-refractivity contribution in [1.82, 2.24) is 9.80 Å². The number of ether oxygens (including phenoxy) is 2. The molecule has 0 unspecified atom stereocenters. The summed E-state index contributed by atoms with van der Waals surface area (Å²) in [6.07, 6.45) is 2.50. The molecule has 218 valence electrons. The molecule has 2 amide bonds. The van der Waals surface area contributed by atoms with Crippen LogP contribution >= 0.6 is 11.3 Å². The van der Waals surface area contributed by atoms with Gasteiger partial charge in [-0.2, -0.15) is 0 Å². The van der Waals surface area contributed by atoms with Crippen LogP contribution in [0.5, 0.6) is 11.5 Å². The summed E-state index contributed by atoms with van der Waals surface area (Å²) in [7, 11) is 3.24. The molecule has 1 aliphatic carbocycles. The number of rotatable bonds is 13. The number of hydrogen-bond acceptors (Lipinski definition) is 5. The van der Waals surface area contributed by atoms with Crippen molar-refractivity contribution in [3.63, 3.8) is 0 Å². The second kappa shape index (κ2) is 13.7. The molecule has 0 radical (unpaired) electrons. The van der Waals surface area contributed by atoms with Gasteiger partial charge in [-0.05, 0) is 67.1 Å². The van der Waals surface area contributed by atoms with Crippen molar-refractivity contribution in [2.24, 2.45) is 0 Å². The van der Waals surface area contributed by atoms with Gasteiger partial charge in [0.1, 0.15) is 6.54 Å². The molecule has 1 saturated carbocycles. The number of nitrogens with zero attached hydrogens (tertiary/aromatic N) is 2. The Morgan fingerprint density at radius 1 is 0.857 bits per heavy atom. The molecule has 1 fully saturated rings. The molecule has 0 bridgehead atoms. The van der Waals surface area contributed by atoms with E-state index in [2.05, 4.69) is 19.1 Å². The maximum absolute atomic E-state index is 14.3. The highest BCUT2D eigenvalue weighted by atomic mass is 32.1. The Kier molecular flexibility index (Phi) is 9.59. The zero-order valence-electron chi connectivity index (χ0n) is 24.5. The second-order valence-electron chi connectivity index (χ2n) is 10.7. The highest BCUT2D eigenvalue weighted by molar-refractivity contribution is 7.11. The molecule has 6 nitrogen and oxygen atoms in total. The second-order valence-corrected chi connectivity index (χ2v) is 12.1. The van der Waals surface area contributed by atoms with E-state index in [0.29, 0.717) is 31.0 Å². The van der Waals surface area contributed by atoms with Crippen molar-refractivity contribution in [2.45, 2.75) is 44.7 Å². The van der Waals surface area contributed by atoms with Gasteiger partial charge >= 0.3 is 0 Å². The SMILES string of the molecule is COc1ccc(CCN(Cc2ccc(C)s2)C(=O)CN(C(=O)C(c2ccccc2)c2ccccc2)C2CC2)cc1OC. The number of thiophene rings is 1. The minimum Gasteiger partial charge on any atom is -0.493 e. The molecule has 0 saturated heterocycles. The summed E-state index contributed by atoms with van der Waals surface area (Å²) >= 11 is 1.70. The van der Waals surface area contributed by atoms with Crippen LogP contribution in [0.25, 0.3) is 0 Å². The van der Waals surface area contributed by atoms with Gasteiger partial charge in [-0.25, -0.2) is 0 Å². The van der Waals surface area contributed by atoms with Gasteiger partial charge < -0.3 is 19.3 Å². The number of carbonyl (C=O) groups excluding carboxylic acids is 2. The van der Waals surface area contributed by atoms with Gasteiger partial charge in [-0.15, -0.1) is 11.3 Å². The lowest BCUT2D eigenvalue weighted by molar-refractivity contribution is -0.141. The zero-order chi connectivity index (χ0) is 29.5. The normalized spacial score (nSPS) is 12.7. The standard InChI is InChI=1S/C35H38N2O4S/c1-25-14-18-30(42-25)23-36(21-20-26-15-19-31(40-2)32(22-26)41-3)33(38)24-37(29-16-17-29)35(39)34(27-10-6-4-7-11-27)28-12-8-5-9-13-28/h4-15,18-19,22,29,34H,16-17,20-21,23-24H2,1-3H3. The molecule has 0 atom stereocenters. The van der Waals surface area contributed by atoms with Gasteiger partial charge in [-0.1, -0.05) is 66.7 Å². The number of hydrogen-bond donors (Lipinski definition) is 0. The summed E-state index contributed by atoms with van der Waals surface area (Å²) in [6.45, 7) is 3.18. The summed E-state index contributed by atoms with van der Waals surface area (Å²) in [5.41, 5.74) is 2.92. The van der Waals surface area contributed by atoms with Gasteiger partial charge in [0, 0.05) is 22.3 Å². The third-order valence-corrected chi connectivity index (χ3v) is 8.69. The van der Waals surface area contributed by atoms with E-state index in [4.69, 9.17) is 9.47 Å². The number of benzene rings is 3. The van der Waals surface area contributed by atoms with Gasteiger partial charge in [-0.3, -0.25) is 9.59 Å². The first-order valence-electron chi connectivity index (χ1n) is 14.4. The molecule has 4 aromatic rings. The Morgan fingerprint density at radius 3 is 2.05 bits per heavy atom. The van der Waals surface area contributed by atoms with Crippen LogP contribution in [-0.4, -0.2) is 55.0 Å². The van der Waals surface area contributed by atoms with Crippen molar-refractivity contribution in [2.75, 3.05) is 27.3 Å². The van der Waals surface area contributed by atoms with E-state index in [0.717, 1.165) is 34.4 Å². The van der Waals surface area contributed by atoms with E-state index < -0.39 is 5.92 Å². The molecular formula is C35H38N2O4S. The third kappa shape index (κ3) is 7.21. The summed E-state index contributed by atoms with van der Waals surface area (Å²) < 4.78 is 10.9. The van der Waals surface area contributed by atoms with Crippen LogP contribution in [0.4, 0.5) is 0 Å². The lowest BCUT2D eigenvalue weighted by Gasteiger charge is -2.30. The van der Waals surface area contributed by atoms with Crippen molar-refractivity contribution >= 4 is 23.2 Å². The van der Waals surface area contributed by atoms with Gasteiger partial charge in [0.15, 0.2) is 11.5 Å². The number of amides is 2. The minimum absolute atomic E-state index is 0.0185. The molecule has 42 heavy (non-hydrogen) atoms. The van der Waals surface area contributed by atoms with Crippen molar-refractivity contribution in [3.05, 3.63) is 117 Å². The molecule has 7 heteroatoms. The van der Waals surface area contributed by atoms with E-state index >= 15 is 0 Å². The first-order chi connectivity index (χ1) is 20.5. The van der Waals surface area contributed by atoms with E-state index in [1.807, 2.05) is 88.7 Å². The van der Waals surface area contributed by atoms with Crippen molar-refractivity contribution in [3.8, 4) is 11.5 Å². The fraction of sp³-hybridized carbons (Fsp3) is 0.314.